The maximum atomic E-state index is 13.3. The van der Waals surface area contributed by atoms with Gasteiger partial charge < -0.3 is 14.8 Å². The second kappa shape index (κ2) is 11.5. The summed E-state index contributed by atoms with van der Waals surface area (Å²) < 4.78 is 11.0. The summed E-state index contributed by atoms with van der Waals surface area (Å²) in [6.45, 7) is 6.69. The fourth-order valence-corrected chi connectivity index (χ4v) is 4.09. The van der Waals surface area contributed by atoms with Gasteiger partial charge in [0.15, 0.2) is 0 Å². The molecule has 1 N–H and O–H groups in total. The number of rotatable bonds is 9. The third-order valence-electron chi connectivity index (χ3n) is 5.73. The molecule has 2 aromatic carbocycles. The molecule has 194 valence electrons. The van der Waals surface area contributed by atoms with Crippen LogP contribution < -0.4 is 5.32 Å². The van der Waals surface area contributed by atoms with Crippen LogP contribution in [-0.2, 0) is 25.5 Å². The first-order valence-electron chi connectivity index (χ1n) is 11.5. The third-order valence-corrected chi connectivity index (χ3v) is 5.73. The van der Waals surface area contributed by atoms with Crippen LogP contribution in [-0.4, -0.2) is 34.5 Å². The average molecular weight is 510 g/mol. The van der Waals surface area contributed by atoms with Gasteiger partial charge in [-0.05, 0) is 38.8 Å². The van der Waals surface area contributed by atoms with E-state index in [0.717, 1.165) is 5.56 Å². The molecule has 0 spiro atoms. The fraction of sp³-hybridized carbons (Fsp3) is 0.308. The van der Waals surface area contributed by atoms with Crippen molar-refractivity contribution in [2.24, 2.45) is 0 Å². The molecular weight excluding hydrogens is 482 g/mol. The van der Waals surface area contributed by atoms with E-state index in [9.17, 15) is 29.8 Å². The Morgan fingerprint density at radius 1 is 0.919 bits per heavy atom. The minimum atomic E-state index is -0.959. The van der Waals surface area contributed by atoms with Gasteiger partial charge in [-0.15, -0.1) is 0 Å². The van der Waals surface area contributed by atoms with Crippen LogP contribution in [0.15, 0.2) is 71.1 Å². The highest BCUT2D eigenvalue weighted by molar-refractivity contribution is 6.00. The van der Waals surface area contributed by atoms with Gasteiger partial charge in [0.2, 0.25) is 0 Å². The minimum absolute atomic E-state index is 0.0243. The van der Waals surface area contributed by atoms with Crippen molar-refractivity contribution in [2.75, 3.05) is 6.61 Å². The molecule has 1 heterocycles. The van der Waals surface area contributed by atoms with E-state index in [1.165, 1.54) is 30.3 Å². The summed E-state index contributed by atoms with van der Waals surface area (Å²) in [6.07, 6.45) is -0.120. The van der Waals surface area contributed by atoms with Gasteiger partial charge in [-0.25, -0.2) is 9.59 Å². The van der Waals surface area contributed by atoms with Gasteiger partial charge in [-0.1, -0.05) is 24.3 Å². The SMILES string of the molecule is CC1=C(C(=O)OCCc2ccc([N+](=O)[O-])cc2)C(c2cccc([N+](=O)[O-])c2)C(C(=O)OC(C)C)=C(C)N1. The lowest BCUT2D eigenvalue weighted by Crippen LogP contribution is -2.33. The Hall–Kier alpha value is -4.54. The summed E-state index contributed by atoms with van der Waals surface area (Å²) in [4.78, 5) is 47.6. The first-order chi connectivity index (χ1) is 17.5. The Balaban J connectivity index is 1.92. The highest BCUT2D eigenvalue weighted by Gasteiger charge is 2.38. The zero-order valence-electron chi connectivity index (χ0n) is 20.8. The normalized spacial score (nSPS) is 15.3. The number of nitrogens with one attached hydrogen (secondary N) is 1. The smallest absolute Gasteiger partial charge is 0.337 e. The quantitative estimate of drug-likeness (QED) is 0.293. The van der Waals surface area contributed by atoms with Gasteiger partial charge >= 0.3 is 11.9 Å². The highest BCUT2D eigenvalue weighted by atomic mass is 16.6. The number of hydrogen-bond acceptors (Lipinski definition) is 9. The van der Waals surface area contributed by atoms with Crippen LogP contribution in [0, 0.1) is 20.2 Å². The van der Waals surface area contributed by atoms with Crippen LogP contribution in [0.25, 0.3) is 0 Å². The van der Waals surface area contributed by atoms with Gasteiger partial charge in [-0.3, -0.25) is 20.2 Å². The molecule has 11 heteroatoms. The molecule has 0 amide bonds. The fourth-order valence-electron chi connectivity index (χ4n) is 4.09. The maximum absolute atomic E-state index is 13.3. The molecule has 11 nitrogen and oxygen atoms in total. The summed E-state index contributed by atoms with van der Waals surface area (Å²) in [6, 6.07) is 11.6. The number of nitrogens with zero attached hydrogens (tertiary/aromatic N) is 2. The summed E-state index contributed by atoms with van der Waals surface area (Å²) in [7, 11) is 0. The molecule has 0 aliphatic carbocycles. The predicted molar refractivity (Wildman–Crippen MR) is 133 cm³/mol. The summed E-state index contributed by atoms with van der Waals surface area (Å²) in [5.41, 5.74) is 2.06. The topological polar surface area (TPSA) is 151 Å². The highest BCUT2D eigenvalue weighted by Crippen LogP contribution is 2.40. The molecule has 1 aliphatic heterocycles. The number of dihydropyridines is 1. The second-order valence-corrected chi connectivity index (χ2v) is 8.75. The third kappa shape index (κ3) is 6.37. The van der Waals surface area contributed by atoms with Gasteiger partial charge in [0.05, 0.1) is 39.6 Å². The maximum Gasteiger partial charge on any atom is 0.337 e. The van der Waals surface area contributed by atoms with Gasteiger partial charge in [0.1, 0.15) is 0 Å². The molecule has 1 atom stereocenters. The number of carbonyl (C=O) groups excluding carboxylic acids is 2. The van der Waals surface area contributed by atoms with Gasteiger partial charge in [0, 0.05) is 42.1 Å². The summed E-state index contributed by atoms with van der Waals surface area (Å²) >= 11 is 0. The Morgan fingerprint density at radius 2 is 1.51 bits per heavy atom. The monoisotopic (exact) mass is 509 g/mol. The number of esters is 2. The van der Waals surface area contributed by atoms with E-state index in [1.54, 1.807) is 45.9 Å². The number of carbonyl (C=O) groups is 2. The van der Waals surface area contributed by atoms with Crippen LogP contribution in [0.5, 0.6) is 0 Å². The van der Waals surface area contributed by atoms with E-state index in [4.69, 9.17) is 9.47 Å². The molecule has 0 saturated carbocycles. The zero-order chi connectivity index (χ0) is 27.3. The Kier molecular flexibility index (Phi) is 8.38. The van der Waals surface area contributed by atoms with E-state index in [2.05, 4.69) is 5.32 Å². The molecule has 1 unspecified atom stereocenters. The number of hydrogen-bond donors (Lipinski definition) is 1. The molecule has 2 aromatic rings. The number of nitro benzene ring substituents is 2. The van der Waals surface area contributed by atoms with Crippen molar-refractivity contribution in [3.05, 3.63) is 102 Å². The predicted octanol–water partition coefficient (Wildman–Crippen LogP) is 4.48. The van der Waals surface area contributed by atoms with E-state index in [1.807, 2.05) is 0 Å². The number of nitro groups is 2. The summed E-state index contributed by atoms with van der Waals surface area (Å²) in [5, 5.41) is 25.3. The average Bonchev–Trinajstić information content (AvgIpc) is 2.83. The van der Waals surface area contributed by atoms with Crippen LogP contribution in [0.1, 0.15) is 44.7 Å². The molecule has 0 bridgehead atoms. The first kappa shape index (κ1) is 27.1. The van der Waals surface area contributed by atoms with Crippen molar-refractivity contribution < 1.29 is 28.9 Å². The van der Waals surface area contributed by atoms with Crippen LogP contribution >= 0.6 is 0 Å². The van der Waals surface area contributed by atoms with Crippen LogP contribution in [0.3, 0.4) is 0 Å². The minimum Gasteiger partial charge on any atom is -0.462 e. The number of ether oxygens (including phenoxy) is 2. The first-order valence-corrected chi connectivity index (χ1v) is 11.5. The van der Waals surface area contributed by atoms with Crippen molar-refractivity contribution in [1.82, 2.24) is 5.32 Å². The molecule has 0 radical (unpaired) electrons. The number of allylic oxidation sites excluding steroid dienone is 2. The molecule has 3 rings (SSSR count). The summed E-state index contributed by atoms with van der Waals surface area (Å²) in [5.74, 6) is -2.31. The van der Waals surface area contributed by atoms with Crippen LogP contribution in [0.4, 0.5) is 11.4 Å². The van der Waals surface area contributed by atoms with Crippen molar-refractivity contribution in [2.45, 2.75) is 46.1 Å². The number of benzene rings is 2. The molecular formula is C26H27N3O8. The lowest BCUT2D eigenvalue weighted by atomic mass is 9.80. The lowest BCUT2D eigenvalue weighted by molar-refractivity contribution is -0.385. The Morgan fingerprint density at radius 3 is 2.08 bits per heavy atom. The van der Waals surface area contributed by atoms with Crippen molar-refractivity contribution in [3.8, 4) is 0 Å². The van der Waals surface area contributed by atoms with Crippen LogP contribution in [0.2, 0.25) is 0 Å². The molecule has 0 saturated heterocycles. The largest absolute Gasteiger partial charge is 0.462 e. The van der Waals surface area contributed by atoms with Gasteiger partial charge in [-0.2, -0.15) is 0 Å². The molecule has 0 aromatic heterocycles. The second-order valence-electron chi connectivity index (χ2n) is 8.75. The Bertz CT molecular complexity index is 1300. The van der Waals surface area contributed by atoms with Gasteiger partial charge in [0.25, 0.3) is 11.4 Å². The number of non-ortho nitro benzene ring substituents is 2. The zero-order valence-corrected chi connectivity index (χ0v) is 20.8. The van der Waals surface area contributed by atoms with Crippen molar-refractivity contribution in [3.63, 3.8) is 0 Å². The molecule has 1 aliphatic rings. The van der Waals surface area contributed by atoms with E-state index in [-0.39, 0.29) is 29.1 Å². The van der Waals surface area contributed by atoms with E-state index < -0.39 is 33.8 Å². The molecule has 0 fully saturated rings. The Labute approximate surface area is 213 Å². The van der Waals surface area contributed by atoms with E-state index in [0.29, 0.717) is 23.4 Å². The van der Waals surface area contributed by atoms with E-state index >= 15 is 0 Å². The molecule has 37 heavy (non-hydrogen) atoms. The van der Waals surface area contributed by atoms with Crippen molar-refractivity contribution in [1.29, 1.82) is 0 Å². The van der Waals surface area contributed by atoms with Crippen molar-refractivity contribution >= 4 is 23.3 Å². The lowest BCUT2D eigenvalue weighted by Gasteiger charge is -2.30. The standard InChI is InChI=1S/C26H27N3O8/c1-15(2)37-26(31)23-17(4)27-16(3)22(24(23)19-6-5-7-21(14-19)29(34)35)25(30)36-13-12-18-8-10-20(11-9-18)28(32)33/h5-11,14-15,24,27H,12-13H2,1-4H3.